The molecule has 6 heteroatoms. The lowest BCUT2D eigenvalue weighted by Crippen LogP contribution is -2.46. The number of amides is 3. The van der Waals surface area contributed by atoms with Crippen molar-refractivity contribution in [2.45, 2.75) is 45.6 Å². The molecule has 1 aromatic heterocycles. The molecule has 1 fully saturated rings. The van der Waals surface area contributed by atoms with E-state index >= 15 is 0 Å². The quantitative estimate of drug-likeness (QED) is 0.651. The molecule has 2 aliphatic rings. The third kappa shape index (κ3) is 2.70. The van der Waals surface area contributed by atoms with Gasteiger partial charge in [-0.25, -0.2) is 4.79 Å². The summed E-state index contributed by atoms with van der Waals surface area (Å²) >= 11 is 1.62. The van der Waals surface area contributed by atoms with Crippen molar-refractivity contribution < 1.29 is 14.4 Å². The maximum atomic E-state index is 13.2. The fraction of sp³-hybridized carbons (Fsp3) is 0.381. The molecule has 2 aromatic rings. The van der Waals surface area contributed by atoms with E-state index in [1.54, 1.807) is 11.3 Å². The molecule has 2 heterocycles. The van der Waals surface area contributed by atoms with Gasteiger partial charge >= 0.3 is 6.03 Å². The lowest BCUT2D eigenvalue weighted by molar-refractivity contribution is -0.131. The van der Waals surface area contributed by atoms with E-state index in [0.717, 1.165) is 44.9 Å². The van der Waals surface area contributed by atoms with Crippen LogP contribution in [-0.2, 0) is 16.8 Å². The molecule has 27 heavy (non-hydrogen) atoms. The monoisotopic (exact) mass is 382 g/mol. The molecule has 1 aliphatic carbocycles. The van der Waals surface area contributed by atoms with Gasteiger partial charge in [0.1, 0.15) is 5.54 Å². The summed E-state index contributed by atoms with van der Waals surface area (Å²) in [6.07, 6.45) is 2.35. The zero-order valence-corrected chi connectivity index (χ0v) is 16.5. The summed E-state index contributed by atoms with van der Waals surface area (Å²) in [5.41, 5.74) is 3.47. The van der Waals surface area contributed by atoms with Crippen LogP contribution in [0.5, 0.6) is 0 Å². The van der Waals surface area contributed by atoms with Crippen LogP contribution < -0.4 is 5.32 Å². The zero-order chi connectivity index (χ0) is 19.3. The Morgan fingerprint density at radius 1 is 1.19 bits per heavy atom. The molecular weight excluding hydrogens is 360 g/mol. The van der Waals surface area contributed by atoms with Gasteiger partial charge in [-0.15, -0.1) is 11.3 Å². The van der Waals surface area contributed by atoms with Gasteiger partial charge in [0, 0.05) is 16.0 Å². The minimum atomic E-state index is -0.997. The standard InChI is InChI=1S/C21H22N2O3S/c1-12-9-14(3)15(10-13(12)2)17(24)11-23-19(25)21(22-20(23)26)7-4-5-18-16(21)6-8-27-18/h6,8-10H,4-5,7,11H2,1-3H3,(H,22,26). The summed E-state index contributed by atoms with van der Waals surface area (Å²) < 4.78 is 0. The number of urea groups is 1. The summed E-state index contributed by atoms with van der Waals surface area (Å²) in [7, 11) is 0. The molecule has 1 unspecified atom stereocenters. The van der Waals surface area contributed by atoms with Crippen LogP contribution in [0.1, 0.15) is 50.3 Å². The fourth-order valence-electron chi connectivity index (χ4n) is 4.17. The van der Waals surface area contributed by atoms with E-state index in [9.17, 15) is 14.4 Å². The molecular formula is C21H22N2O3S. The smallest absolute Gasteiger partial charge is 0.319 e. The fourth-order valence-corrected chi connectivity index (χ4v) is 5.17. The Labute approximate surface area is 162 Å². The zero-order valence-electron chi connectivity index (χ0n) is 15.7. The number of carbonyl (C=O) groups excluding carboxylic acids is 3. The molecule has 1 N–H and O–H groups in total. The highest BCUT2D eigenvalue weighted by molar-refractivity contribution is 7.10. The highest BCUT2D eigenvalue weighted by Crippen LogP contribution is 2.42. The minimum absolute atomic E-state index is 0.211. The second kappa shape index (κ2) is 6.30. The first-order chi connectivity index (χ1) is 12.8. The Morgan fingerprint density at radius 3 is 2.70 bits per heavy atom. The van der Waals surface area contributed by atoms with Crippen LogP contribution >= 0.6 is 11.3 Å². The van der Waals surface area contributed by atoms with Gasteiger partial charge in [-0.3, -0.25) is 14.5 Å². The van der Waals surface area contributed by atoms with Crippen molar-refractivity contribution in [3.63, 3.8) is 0 Å². The molecule has 1 aliphatic heterocycles. The molecule has 0 bridgehead atoms. The van der Waals surface area contributed by atoms with Crippen molar-refractivity contribution in [2.75, 3.05) is 6.54 Å². The van der Waals surface area contributed by atoms with E-state index in [-0.39, 0.29) is 18.2 Å². The lowest BCUT2D eigenvalue weighted by Gasteiger charge is -2.31. The molecule has 1 aromatic carbocycles. The molecule has 1 spiro atoms. The van der Waals surface area contributed by atoms with Crippen molar-refractivity contribution in [3.05, 3.63) is 56.3 Å². The number of Topliss-reactive ketones (excluding diaryl/α,β-unsaturated/α-hetero) is 1. The highest BCUT2D eigenvalue weighted by atomic mass is 32.1. The number of thiophene rings is 1. The Bertz CT molecular complexity index is 978. The van der Waals surface area contributed by atoms with Crippen LogP contribution in [-0.4, -0.2) is 29.2 Å². The third-order valence-electron chi connectivity index (χ3n) is 5.78. The molecule has 3 amide bonds. The van der Waals surface area contributed by atoms with Crippen LogP contribution in [0.4, 0.5) is 4.79 Å². The molecule has 1 atom stereocenters. The summed E-state index contributed by atoms with van der Waals surface area (Å²) in [5, 5.41) is 4.86. The maximum absolute atomic E-state index is 13.2. The molecule has 0 radical (unpaired) electrons. The van der Waals surface area contributed by atoms with Crippen LogP contribution in [0.3, 0.4) is 0 Å². The summed E-state index contributed by atoms with van der Waals surface area (Å²) in [6.45, 7) is 5.61. The predicted octanol–water partition coefficient (Wildman–Crippen LogP) is 3.64. The predicted molar refractivity (Wildman–Crippen MR) is 104 cm³/mol. The molecule has 1 saturated heterocycles. The number of benzene rings is 1. The van der Waals surface area contributed by atoms with Crippen molar-refractivity contribution in [2.24, 2.45) is 0 Å². The van der Waals surface area contributed by atoms with Gasteiger partial charge in [0.15, 0.2) is 5.78 Å². The normalized spacial score (nSPS) is 21.5. The Morgan fingerprint density at radius 2 is 1.93 bits per heavy atom. The van der Waals surface area contributed by atoms with Crippen molar-refractivity contribution in [1.29, 1.82) is 0 Å². The number of ketones is 1. The number of fused-ring (bicyclic) bond motifs is 2. The minimum Gasteiger partial charge on any atom is -0.319 e. The molecule has 4 rings (SSSR count). The number of carbonyl (C=O) groups is 3. The second-order valence-electron chi connectivity index (χ2n) is 7.51. The third-order valence-corrected chi connectivity index (χ3v) is 6.76. The summed E-state index contributed by atoms with van der Waals surface area (Å²) in [6, 6.07) is 5.26. The van der Waals surface area contributed by atoms with Gasteiger partial charge in [0.2, 0.25) is 0 Å². The largest absolute Gasteiger partial charge is 0.325 e. The van der Waals surface area contributed by atoms with Gasteiger partial charge in [-0.05, 0) is 74.2 Å². The first-order valence-corrected chi connectivity index (χ1v) is 10.0. The van der Waals surface area contributed by atoms with Crippen molar-refractivity contribution >= 4 is 29.1 Å². The van der Waals surface area contributed by atoms with E-state index in [2.05, 4.69) is 5.32 Å². The Hall–Kier alpha value is -2.47. The Balaban J connectivity index is 1.63. The lowest BCUT2D eigenvalue weighted by atomic mass is 9.80. The number of imide groups is 1. The first-order valence-electron chi connectivity index (χ1n) is 9.15. The summed E-state index contributed by atoms with van der Waals surface area (Å²) in [5.74, 6) is -0.515. The number of nitrogens with one attached hydrogen (secondary N) is 1. The van der Waals surface area contributed by atoms with Crippen LogP contribution in [0.2, 0.25) is 0 Å². The first kappa shape index (κ1) is 17.9. The SMILES string of the molecule is Cc1cc(C)c(C(=O)CN2C(=O)NC3(CCCc4sccc43)C2=O)cc1C. The van der Waals surface area contributed by atoms with Gasteiger partial charge < -0.3 is 5.32 Å². The van der Waals surface area contributed by atoms with E-state index in [1.807, 2.05) is 44.4 Å². The molecule has 5 nitrogen and oxygen atoms in total. The molecule has 0 saturated carbocycles. The average molecular weight is 382 g/mol. The molecule has 140 valence electrons. The Kier molecular flexibility index (Phi) is 4.18. The van der Waals surface area contributed by atoms with Crippen LogP contribution in [0.15, 0.2) is 23.6 Å². The van der Waals surface area contributed by atoms with Gasteiger partial charge in [0.25, 0.3) is 5.91 Å². The number of nitrogens with zero attached hydrogens (tertiary/aromatic N) is 1. The van der Waals surface area contributed by atoms with Gasteiger partial charge in [-0.1, -0.05) is 6.07 Å². The number of rotatable bonds is 3. The highest BCUT2D eigenvalue weighted by Gasteiger charge is 2.54. The van der Waals surface area contributed by atoms with E-state index in [0.29, 0.717) is 12.0 Å². The summed E-state index contributed by atoms with van der Waals surface area (Å²) in [4.78, 5) is 40.9. The van der Waals surface area contributed by atoms with E-state index in [4.69, 9.17) is 0 Å². The van der Waals surface area contributed by atoms with Crippen LogP contribution in [0, 0.1) is 20.8 Å². The second-order valence-corrected chi connectivity index (χ2v) is 8.51. The number of hydrogen-bond acceptors (Lipinski definition) is 4. The van der Waals surface area contributed by atoms with Crippen molar-refractivity contribution in [1.82, 2.24) is 10.2 Å². The van der Waals surface area contributed by atoms with E-state index in [1.165, 1.54) is 0 Å². The van der Waals surface area contributed by atoms with Gasteiger partial charge in [-0.2, -0.15) is 0 Å². The number of hydrogen-bond donors (Lipinski definition) is 1. The average Bonchev–Trinajstić information content (AvgIpc) is 3.19. The maximum Gasteiger partial charge on any atom is 0.325 e. The topological polar surface area (TPSA) is 66.5 Å². The van der Waals surface area contributed by atoms with Crippen LogP contribution in [0.25, 0.3) is 0 Å². The van der Waals surface area contributed by atoms with E-state index < -0.39 is 11.6 Å². The number of aryl methyl sites for hydroxylation is 4. The van der Waals surface area contributed by atoms with Gasteiger partial charge in [0.05, 0.1) is 6.54 Å². The van der Waals surface area contributed by atoms with Crippen molar-refractivity contribution in [3.8, 4) is 0 Å².